The van der Waals surface area contributed by atoms with Gasteiger partial charge in [-0.05, 0) is 68.3 Å². The van der Waals surface area contributed by atoms with Gasteiger partial charge in [0.15, 0.2) is 0 Å². The summed E-state index contributed by atoms with van der Waals surface area (Å²) in [7, 11) is 1.71. The van der Waals surface area contributed by atoms with Gasteiger partial charge in [0.25, 0.3) is 0 Å². The standard InChI is InChI=1S/C52H73N15O16S2/c53-17-5-4-9-31(45(76)59-25-44(74)75)62-51(82)38-10-6-18-67(38)52(83)37-27-85-84-26-36(60-43(73)24-58-42(72)23-57-41(71)22-54)50(81)64-34(20-29-11-13-30(68)14-12-29)48(79)63-33(19-28-7-2-1-3-8-28)47(78)61-32(15-16-39(55)69)46(77)65-35(21-40(56)70)49(80)66-37/h1-3,7-8,11-14,31-38,68H,4-6,9-10,15-27,53-54H2,(H2,55,69)(H2,56,70)(H,57,71)(H,58,72)(H,59,76)(H,60,73)(H,61,78)(H,62,82)(H,63,79)(H,64,81)(H,65,77)(H,66,80)(H,74,75)/t31-,32-,33-,34-,35-,36-,37-,38-/m0/s1. The van der Waals surface area contributed by atoms with E-state index in [0.29, 0.717) is 24.0 Å². The van der Waals surface area contributed by atoms with Crippen LogP contribution in [0.25, 0.3) is 0 Å². The molecule has 2 saturated heterocycles. The molecule has 20 N–H and O–H groups in total. The zero-order valence-corrected chi connectivity index (χ0v) is 47.9. The SMILES string of the molecule is NCCCC[C@H](NC(=O)[C@@H]1CCCN1C(=O)[C@@H]1CSSC[C@H](NC(=O)CNC(=O)CNC(=O)CN)C(=O)N[C@@H](Cc2ccc(O)cc2)C(=O)N[C@@H](Cc2ccccc2)C(=O)N[C@@H](CCC(N)=O)C(=O)N[C@@H](CC(N)=O)C(=O)N1)C(=O)NCC(=O)O. The van der Waals surface area contributed by atoms with Crippen LogP contribution >= 0.6 is 21.6 Å². The number of aromatic hydroxyl groups is 1. The van der Waals surface area contributed by atoms with E-state index in [0.717, 1.165) is 26.5 Å². The monoisotopic (exact) mass is 1230 g/mol. The summed E-state index contributed by atoms with van der Waals surface area (Å²) in [5.74, 6) is -14.5. The van der Waals surface area contributed by atoms with Gasteiger partial charge in [0.2, 0.25) is 76.8 Å². The number of primary amides is 2. The van der Waals surface area contributed by atoms with Gasteiger partial charge >= 0.3 is 5.97 Å². The van der Waals surface area contributed by atoms with Gasteiger partial charge in [-0.15, -0.1) is 0 Å². The number of carbonyl (C=O) groups excluding carboxylic acids is 13. The second-order valence-electron chi connectivity index (χ2n) is 19.6. The highest BCUT2D eigenvalue weighted by Gasteiger charge is 2.41. The summed E-state index contributed by atoms with van der Waals surface area (Å²) in [6, 6.07) is 1.32. The van der Waals surface area contributed by atoms with Crippen LogP contribution in [-0.4, -0.2) is 197 Å². The maximum absolute atomic E-state index is 14.8. The van der Waals surface area contributed by atoms with Gasteiger partial charge < -0.3 is 91.2 Å². The van der Waals surface area contributed by atoms with Crippen LogP contribution in [-0.2, 0) is 80.0 Å². The quantitative estimate of drug-likeness (QED) is 0.0325. The van der Waals surface area contributed by atoms with Crippen molar-refractivity contribution in [3.63, 3.8) is 0 Å². The van der Waals surface area contributed by atoms with Crippen molar-refractivity contribution in [2.75, 3.05) is 50.8 Å². The second-order valence-corrected chi connectivity index (χ2v) is 22.2. The lowest BCUT2D eigenvalue weighted by Crippen LogP contribution is -2.61. The van der Waals surface area contributed by atoms with Crippen molar-refractivity contribution in [3.8, 4) is 5.75 Å². The molecule has 0 saturated carbocycles. The Bertz CT molecular complexity index is 2730. The van der Waals surface area contributed by atoms with Crippen LogP contribution < -0.4 is 76.1 Å². The summed E-state index contributed by atoms with van der Waals surface area (Å²) in [6.07, 6.45) is -1.29. The van der Waals surface area contributed by atoms with Crippen molar-refractivity contribution in [2.24, 2.45) is 22.9 Å². The molecule has 2 aromatic carbocycles. The maximum Gasteiger partial charge on any atom is 0.322 e. The van der Waals surface area contributed by atoms with E-state index >= 15 is 0 Å². The Balaban J connectivity index is 1.81. The molecule has 0 radical (unpaired) electrons. The highest BCUT2D eigenvalue weighted by Crippen LogP contribution is 2.26. The highest BCUT2D eigenvalue weighted by molar-refractivity contribution is 8.76. The number of amides is 13. The van der Waals surface area contributed by atoms with Gasteiger partial charge in [0.1, 0.15) is 60.6 Å². The predicted molar refractivity (Wildman–Crippen MR) is 306 cm³/mol. The molecule has 2 heterocycles. The molecule has 2 fully saturated rings. The minimum absolute atomic E-state index is 0.0468. The number of benzene rings is 2. The maximum atomic E-state index is 14.8. The van der Waals surface area contributed by atoms with Crippen molar-refractivity contribution < 1.29 is 77.3 Å². The number of hydrogen-bond acceptors (Lipinski definition) is 19. The summed E-state index contributed by atoms with van der Waals surface area (Å²) in [6.45, 7) is -2.28. The highest BCUT2D eigenvalue weighted by atomic mass is 33.1. The zero-order valence-electron chi connectivity index (χ0n) is 46.2. The normalized spacial score (nSPS) is 21.2. The third-order valence-electron chi connectivity index (χ3n) is 13.0. The minimum Gasteiger partial charge on any atom is -0.508 e. The molecule has 85 heavy (non-hydrogen) atoms. The lowest BCUT2D eigenvalue weighted by atomic mass is 10.0. The molecular weight excluding hydrogens is 1150 g/mol. The van der Waals surface area contributed by atoms with E-state index in [4.69, 9.17) is 22.9 Å². The van der Waals surface area contributed by atoms with Crippen molar-refractivity contribution in [3.05, 3.63) is 65.7 Å². The fourth-order valence-corrected chi connectivity index (χ4v) is 10.9. The molecule has 0 bridgehead atoms. The molecule has 0 unspecified atom stereocenters. The number of nitrogens with two attached hydrogens (primary N) is 4. The molecule has 0 spiro atoms. The number of hydrogen-bond donors (Lipinski definition) is 16. The van der Waals surface area contributed by atoms with E-state index < -0.39 is 182 Å². The van der Waals surface area contributed by atoms with Gasteiger partial charge in [-0.25, -0.2) is 0 Å². The Morgan fingerprint density at radius 2 is 1.22 bits per heavy atom. The van der Waals surface area contributed by atoms with Gasteiger partial charge in [-0.2, -0.15) is 0 Å². The first-order valence-electron chi connectivity index (χ1n) is 27.0. The first-order chi connectivity index (χ1) is 40.5. The first kappa shape index (κ1) is 68.9. The van der Waals surface area contributed by atoms with Gasteiger partial charge in [0, 0.05) is 37.3 Å². The number of aliphatic carboxylic acids is 1. The lowest BCUT2D eigenvalue weighted by Gasteiger charge is -2.31. The van der Waals surface area contributed by atoms with Crippen LogP contribution in [0.3, 0.4) is 0 Å². The number of nitrogens with one attached hydrogen (secondary N) is 10. The number of carbonyl (C=O) groups is 14. The fourth-order valence-electron chi connectivity index (χ4n) is 8.61. The van der Waals surface area contributed by atoms with Gasteiger partial charge in [0.05, 0.1) is 26.1 Å². The Morgan fingerprint density at radius 1 is 0.647 bits per heavy atom. The molecule has 4 rings (SSSR count). The smallest absolute Gasteiger partial charge is 0.322 e. The average Bonchev–Trinajstić information content (AvgIpc) is 4.23. The van der Waals surface area contributed by atoms with E-state index in [9.17, 15) is 77.3 Å². The minimum atomic E-state index is -1.88. The summed E-state index contributed by atoms with van der Waals surface area (Å²) in [5.41, 5.74) is 22.8. The van der Waals surface area contributed by atoms with Crippen molar-refractivity contribution in [2.45, 2.75) is 113 Å². The van der Waals surface area contributed by atoms with E-state index in [2.05, 4.69) is 53.2 Å². The van der Waals surface area contributed by atoms with Crippen LogP contribution in [0.15, 0.2) is 54.6 Å². The summed E-state index contributed by atoms with van der Waals surface area (Å²) in [4.78, 5) is 189. The molecule has 464 valence electrons. The van der Waals surface area contributed by atoms with Crippen molar-refractivity contribution >= 4 is 104 Å². The third kappa shape index (κ3) is 24.3. The molecule has 2 aliphatic rings. The number of nitrogens with zero attached hydrogens (tertiary/aromatic N) is 1. The topological polar surface area (TPSA) is 507 Å². The van der Waals surface area contributed by atoms with Gasteiger partial charge in [-0.3, -0.25) is 67.1 Å². The Hall–Kier alpha value is -8.56. The third-order valence-corrected chi connectivity index (χ3v) is 15.4. The molecule has 2 aliphatic heterocycles. The Morgan fingerprint density at radius 3 is 1.85 bits per heavy atom. The number of likely N-dealkylation sites (tertiary alicyclic amines) is 1. The van der Waals surface area contributed by atoms with E-state index in [1.54, 1.807) is 30.3 Å². The van der Waals surface area contributed by atoms with Crippen LogP contribution in [0.1, 0.15) is 62.5 Å². The zero-order chi connectivity index (χ0) is 62.6. The first-order valence-corrected chi connectivity index (χ1v) is 29.4. The average molecular weight is 1230 g/mol. The molecular formula is C52H73N15O16S2. The second kappa shape index (κ2) is 35.5. The molecule has 31 nitrogen and oxygen atoms in total. The number of phenolic OH excluding ortho intramolecular Hbond substituents is 1. The molecule has 33 heteroatoms. The Labute approximate surface area is 495 Å². The van der Waals surface area contributed by atoms with E-state index in [1.807, 2.05) is 0 Å². The fraction of sp³-hybridized carbons (Fsp3) is 0.500. The largest absolute Gasteiger partial charge is 0.508 e. The van der Waals surface area contributed by atoms with Crippen LogP contribution in [0.4, 0.5) is 0 Å². The van der Waals surface area contributed by atoms with Gasteiger partial charge in [-0.1, -0.05) is 64.1 Å². The Kier molecular flexibility index (Phi) is 28.8. The summed E-state index contributed by atoms with van der Waals surface area (Å²) >= 11 is 0. The van der Waals surface area contributed by atoms with Crippen LogP contribution in [0.5, 0.6) is 5.75 Å². The van der Waals surface area contributed by atoms with Crippen LogP contribution in [0, 0.1) is 0 Å². The van der Waals surface area contributed by atoms with E-state index in [-0.39, 0.29) is 56.7 Å². The number of carboxylic acids is 1. The molecule has 0 aliphatic carbocycles. The molecule has 0 aromatic heterocycles. The number of phenols is 1. The number of rotatable bonds is 25. The number of carboxylic acid groups (broad SMARTS) is 1. The van der Waals surface area contributed by atoms with E-state index in [1.165, 1.54) is 24.3 Å². The lowest BCUT2D eigenvalue weighted by molar-refractivity contribution is -0.142. The summed E-state index contributed by atoms with van der Waals surface area (Å²) in [5, 5.41) is 43.7. The van der Waals surface area contributed by atoms with Crippen molar-refractivity contribution in [1.29, 1.82) is 0 Å². The predicted octanol–water partition coefficient (Wildman–Crippen LogP) is -6.38. The molecule has 13 amide bonds. The molecule has 2 aromatic rings. The number of unbranched alkanes of at least 4 members (excludes halogenated alkanes) is 1. The van der Waals surface area contributed by atoms with Crippen molar-refractivity contribution in [1.82, 2.24) is 58.1 Å². The van der Waals surface area contributed by atoms with Crippen LogP contribution in [0.2, 0.25) is 0 Å². The molecule has 8 atom stereocenters. The summed E-state index contributed by atoms with van der Waals surface area (Å²) < 4.78 is 0.